The van der Waals surface area contributed by atoms with Crippen LogP contribution in [0.15, 0.2) is 48.5 Å². The van der Waals surface area contributed by atoms with E-state index in [-0.39, 0.29) is 0 Å². The van der Waals surface area contributed by atoms with Crippen LogP contribution in [0.3, 0.4) is 0 Å². The summed E-state index contributed by atoms with van der Waals surface area (Å²) in [6.07, 6.45) is 0. The Kier molecular flexibility index (Phi) is 3.00. The summed E-state index contributed by atoms with van der Waals surface area (Å²) < 4.78 is 0. The monoisotopic (exact) mass is 267 g/mol. The minimum Gasteiger partial charge on any atom is -0.235 e. The molecule has 1 aromatic heterocycles. The smallest absolute Gasteiger partial charge is 0.137 e. The van der Waals surface area contributed by atoms with Crippen LogP contribution in [0.2, 0.25) is 5.15 Å². The van der Waals surface area contributed by atoms with E-state index >= 15 is 0 Å². The molecule has 0 spiro atoms. The molecule has 0 aliphatic heterocycles. The van der Waals surface area contributed by atoms with Gasteiger partial charge in [-0.1, -0.05) is 53.1 Å². The molecule has 0 bridgehead atoms. The molecule has 3 rings (SSSR count). The van der Waals surface area contributed by atoms with E-state index in [9.17, 15) is 0 Å². The highest BCUT2D eigenvalue weighted by atomic mass is 35.5. The first-order valence-electron chi connectivity index (χ1n) is 6.27. The van der Waals surface area contributed by atoms with Crippen molar-refractivity contribution in [3.05, 3.63) is 64.8 Å². The Labute approximate surface area is 117 Å². The maximum Gasteiger partial charge on any atom is 0.137 e. The summed E-state index contributed by atoms with van der Waals surface area (Å²) in [5, 5.41) is 2.68. The highest BCUT2D eigenvalue weighted by Crippen LogP contribution is 2.28. The molecule has 0 unspecified atom stereocenters. The summed E-state index contributed by atoms with van der Waals surface area (Å²) in [6.45, 7) is 4.19. The first kappa shape index (κ1) is 12.2. The van der Waals surface area contributed by atoms with Gasteiger partial charge in [0.1, 0.15) is 5.15 Å². The fourth-order valence-corrected chi connectivity index (χ4v) is 2.69. The fourth-order valence-electron chi connectivity index (χ4n) is 2.43. The number of rotatable bonds is 1. The van der Waals surface area contributed by atoms with Gasteiger partial charge in [0, 0.05) is 10.9 Å². The summed E-state index contributed by atoms with van der Waals surface area (Å²) in [5.41, 5.74) is 4.52. The van der Waals surface area contributed by atoms with Crippen LogP contribution in [-0.2, 0) is 0 Å². The Bertz CT molecular complexity index is 742. The molecule has 0 radical (unpaired) electrons. The molecule has 2 heteroatoms. The normalized spacial score (nSPS) is 10.9. The molecular formula is C17H14ClN. The number of hydrogen-bond acceptors (Lipinski definition) is 1. The van der Waals surface area contributed by atoms with Crippen molar-refractivity contribution < 1.29 is 0 Å². The minimum absolute atomic E-state index is 0.562. The van der Waals surface area contributed by atoms with Gasteiger partial charge in [0.15, 0.2) is 0 Å². The van der Waals surface area contributed by atoms with Gasteiger partial charge in [0.25, 0.3) is 0 Å². The third kappa shape index (κ3) is 2.34. The second-order valence-electron chi connectivity index (χ2n) is 4.90. The number of nitrogens with zero attached hydrogens (tertiary/aromatic N) is 1. The van der Waals surface area contributed by atoms with Gasteiger partial charge in [-0.25, -0.2) is 4.98 Å². The zero-order valence-corrected chi connectivity index (χ0v) is 11.7. The number of aryl methyl sites for hydroxylation is 2. The van der Waals surface area contributed by atoms with Gasteiger partial charge in [-0.3, -0.25) is 0 Å². The number of halogens is 1. The second kappa shape index (κ2) is 4.67. The second-order valence-corrected chi connectivity index (χ2v) is 5.25. The van der Waals surface area contributed by atoms with Crippen molar-refractivity contribution in [2.24, 2.45) is 0 Å². The molecule has 2 aromatic carbocycles. The van der Waals surface area contributed by atoms with Crippen LogP contribution >= 0.6 is 11.6 Å². The number of fused-ring (bicyclic) bond motifs is 1. The molecule has 3 aromatic rings. The number of hydrogen-bond donors (Lipinski definition) is 0. The Hall–Kier alpha value is -1.86. The highest BCUT2D eigenvalue weighted by molar-refractivity contribution is 6.34. The first-order valence-corrected chi connectivity index (χ1v) is 6.65. The molecule has 0 aliphatic carbocycles. The molecule has 0 amide bonds. The van der Waals surface area contributed by atoms with Crippen LogP contribution in [0.1, 0.15) is 11.1 Å². The predicted octanol–water partition coefficient (Wildman–Crippen LogP) is 5.17. The largest absolute Gasteiger partial charge is 0.235 e. The van der Waals surface area contributed by atoms with E-state index in [1.54, 1.807) is 0 Å². The average molecular weight is 268 g/mol. The molecule has 0 atom stereocenters. The lowest BCUT2D eigenvalue weighted by Gasteiger charge is -2.07. The predicted molar refractivity (Wildman–Crippen MR) is 81.7 cm³/mol. The fraction of sp³-hybridized carbons (Fsp3) is 0.118. The van der Waals surface area contributed by atoms with Crippen molar-refractivity contribution in [2.45, 2.75) is 13.8 Å². The van der Waals surface area contributed by atoms with E-state index in [1.165, 1.54) is 11.1 Å². The van der Waals surface area contributed by atoms with E-state index in [4.69, 9.17) is 11.6 Å². The molecule has 19 heavy (non-hydrogen) atoms. The van der Waals surface area contributed by atoms with Gasteiger partial charge in [0.05, 0.1) is 5.69 Å². The van der Waals surface area contributed by atoms with Gasteiger partial charge in [-0.05, 0) is 37.4 Å². The zero-order chi connectivity index (χ0) is 13.4. The lowest BCUT2D eigenvalue weighted by molar-refractivity contribution is 1.32. The quantitative estimate of drug-likeness (QED) is 0.554. The van der Waals surface area contributed by atoms with Crippen LogP contribution in [0, 0.1) is 13.8 Å². The summed E-state index contributed by atoms with van der Waals surface area (Å²) in [6, 6.07) is 16.6. The van der Waals surface area contributed by atoms with Crippen LogP contribution in [0.4, 0.5) is 0 Å². The van der Waals surface area contributed by atoms with E-state index in [0.29, 0.717) is 5.15 Å². The van der Waals surface area contributed by atoms with Gasteiger partial charge in [0.2, 0.25) is 0 Å². The van der Waals surface area contributed by atoms with Gasteiger partial charge in [-0.15, -0.1) is 0 Å². The van der Waals surface area contributed by atoms with Crippen LogP contribution in [-0.4, -0.2) is 4.98 Å². The van der Waals surface area contributed by atoms with E-state index in [0.717, 1.165) is 22.0 Å². The minimum atomic E-state index is 0.562. The highest BCUT2D eigenvalue weighted by Gasteiger charge is 2.06. The van der Waals surface area contributed by atoms with E-state index in [1.807, 2.05) is 18.2 Å². The maximum atomic E-state index is 6.28. The number of benzene rings is 2. The van der Waals surface area contributed by atoms with Crippen LogP contribution in [0.25, 0.3) is 22.0 Å². The van der Waals surface area contributed by atoms with Crippen molar-refractivity contribution in [3.8, 4) is 11.3 Å². The molecule has 1 nitrogen and oxygen atoms in total. The van der Waals surface area contributed by atoms with Crippen LogP contribution in [0.5, 0.6) is 0 Å². The molecule has 0 N–H and O–H groups in total. The lowest BCUT2D eigenvalue weighted by atomic mass is 10.0. The molecule has 0 saturated heterocycles. The van der Waals surface area contributed by atoms with Crippen molar-refractivity contribution in [2.75, 3.05) is 0 Å². The third-order valence-electron chi connectivity index (χ3n) is 3.21. The van der Waals surface area contributed by atoms with E-state index < -0.39 is 0 Å². The topological polar surface area (TPSA) is 12.9 Å². The third-order valence-corrected chi connectivity index (χ3v) is 3.50. The standard InChI is InChI=1S/C17H14ClN/c1-11-7-12(2)9-14(8-11)16-10-13-5-3-4-6-15(13)17(18)19-16/h3-10H,1-2H3. The average Bonchev–Trinajstić information content (AvgIpc) is 2.37. The number of pyridine rings is 1. The molecule has 0 fully saturated rings. The van der Waals surface area contributed by atoms with Crippen molar-refractivity contribution in [1.29, 1.82) is 0 Å². The maximum absolute atomic E-state index is 6.28. The first-order chi connectivity index (χ1) is 9.13. The Morgan fingerprint density at radius 3 is 2.32 bits per heavy atom. The van der Waals surface area contributed by atoms with E-state index in [2.05, 4.69) is 49.2 Å². The van der Waals surface area contributed by atoms with Crippen molar-refractivity contribution >= 4 is 22.4 Å². The SMILES string of the molecule is Cc1cc(C)cc(-c2cc3ccccc3c(Cl)n2)c1. The Morgan fingerprint density at radius 1 is 0.895 bits per heavy atom. The Morgan fingerprint density at radius 2 is 1.58 bits per heavy atom. The van der Waals surface area contributed by atoms with Crippen molar-refractivity contribution in [3.63, 3.8) is 0 Å². The van der Waals surface area contributed by atoms with Gasteiger partial charge >= 0.3 is 0 Å². The molecule has 1 heterocycles. The summed E-state index contributed by atoms with van der Waals surface area (Å²) in [5.74, 6) is 0. The molecule has 0 saturated carbocycles. The zero-order valence-electron chi connectivity index (χ0n) is 10.9. The van der Waals surface area contributed by atoms with Crippen LogP contribution < -0.4 is 0 Å². The summed E-state index contributed by atoms with van der Waals surface area (Å²) in [7, 11) is 0. The molecule has 0 aliphatic rings. The van der Waals surface area contributed by atoms with Crippen molar-refractivity contribution in [1.82, 2.24) is 4.98 Å². The molecule has 94 valence electrons. The number of aromatic nitrogens is 1. The Balaban J connectivity index is 2.25. The summed E-state index contributed by atoms with van der Waals surface area (Å²) in [4.78, 5) is 4.52. The summed E-state index contributed by atoms with van der Waals surface area (Å²) >= 11 is 6.28. The van der Waals surface area contributed by atoms with Gasteiger partial charge in [-0.2, -0.15) is 0 Å². The lowest BCUT2D eigenvalue weighted by Crippen LogP contribution is -1.88. The molecular weight excluding hydrogens is 254 g/mol. The van der Waals surface area contributed by atoms with Gasteiger partial charge < -0.3 is 0 Å².